The zero-order valence-corrected chi connectivity index (χ0v) is 17.2. The number of carbonyl (C=O) groups excluding carboxylic acids is 1. The van der Waals surface area contributed by atoms with Crippen LogP contribution in [-0.4, -0.2) is 44.0 Å². The van der Waals surface area contributed by atoms with E-state index in [0.717, 1.165) is 11.0 Å². The molecule has 4 N–H and O–H groups in total. The first kappa shape index (κ1) is 23.4. The lowest BCUT2D eigenvalue weighted by atomic mass is 9.67. The molecule has 156 valence electrons. The molecule has 0 fully saturated rings. The van der Waals surface area contributed by atoms with Crippen molar-refractivity contribution in [3.8, 4) is 0 Å². The number of carboxylic acids is 2. The molecule has 0 aliphatic heterocycles. The lowest BCUT2D eigenvalue weighted by Crippen LogP contribution is -2.69. The van der Waals surface area contributed by atoms with Crippen LogP contribution >= 0.6 is 0 Å². The molecule has 0 saturated carbocycles. The fourth-order valence-corrected chi connectivity index (χ4v) is 3.47. The van der Waals surface area contributed by atoms with Gasteiger partial charge in [-0.15, -0.1) is 0 Å². The van der Waals surface area contributed by atoms with Crippen LogP contribution in [0.15, 0.2) is 18.2 Å². The Hall–Kier alpha value is -2.64. The van der Waals surface area contributed by atoms with Gasteiger partial charge >= 0.3 is 11.9 Å². The molecule has 1 aromatic rings. The highest BCUT2D eigenvalue weighted by atomic mass is 19.1. The molecule has 1 amide bonds. The molecule has 0 aliphatic rings. The highest BCUT2D eigenvalue weighted by Gasteiger charge is 2.58. The highest BCUT2D eigenvalue weighted by Crippen LogP contribution is 2.44. The van der Waals surface area contributed by atoms with E-state index in [1.165, 1.54) is 12.1 Å². The molecular weight excluding hydrogens is 367 g/mol. The molecule has 7 nitrogen and oxygen atoms in total. The number of rotatable bonds is 6. The zero-order chi connectivity index (χ0) is 22.1. The molecular formula is C20H29FN2O5. The minimum atomic E-state index is -1.85. The Morgan fingerprint density at radius 2 is 1.61 bits per heavy atom. The number of nitrogen functional groups attached to an aromatic ring is 1. The normalized spacial score (nSPS) is 14.2. The summed E-state index contributed by atoms with van der Waals surface area (Å²) in [5.41, 5.74) is 1.40. The number of nitrogens with two attached hydrogens (primary N) is 1. The lowest BCUT2D eigenvalue weighted by Gasteiger charge is -2.54. The molecule has 1 aromatic carbocycles. The minimum absolute atomic E-state index is 0.0631. The molecule has 0 aliphatic carbocycles. The number of nitrogens with zero attached hydrogens (tertiary/aromatic N) is 1. The third-order valence-electron chi connectivity index (χ3n) is 4.80. The van der Waals surface area contributed by atoms with Gasteiger partial charge in [0.25, 0.3) is 5.91 Å². The minimum Gasteiger partial charge on any atom is -0.481 e. The van der Waals surface area contributed by atoms with Gasteiger partial charge in [0.2, 0.25) is 0 Å². The third kappa shape index (κ3) is 4.43. The average molecular weight is 396 g/mol. The second kappa shape index (κ2) is 7.77. The molecule has 1 atom stereocenters. The second-order valence-electron chi connectivity index (χ2n) is 8.86. The van der Waals surface area contributed by atoms with Gasteiger partial charge in [0, 0.05) is 17.5 Å². The first-order chi connectivity index (χ1) is 12.6. The molecule has 0 heterocycles. The summed E-state index contributed by atoms with van der Waals surface area (Å²) in [6.07, 6.45) is -0.749. The predicted octanol–water partition coefficient (Wildman–Crippen LogP) is 3.38. The molecule has 1 rings (SSSR count). The van der Waals surface area contributed by atoms with Crippen molar-refractivity contribution in [2.24, 2.45) is 5.41 Å². The molecule has 0 unspecified atom stereocenters. The molecule has 0 bridgehead atoms. The van der Waals surface area contributed by atoms with Crippen molar-refractivity contribution in [1.82, 2.24) is 4.90 Å². The van der Waals surface area contributed by atoms with Crippen LogP contribution in [0.2, 0.25) is 0 Å². The van der Waals surface area contributed by atoms with Gasteiger partial charge in [0.1, 0.15) is 11.4 Å². The summed E-state index contributed by atoms with van der Waals surface area (Å²) < 4.78 is 14.0. The van der Waals surface area contributed by atoms with Crippen LogP contribution in [0.3, 0.4) is 0 Å². The van der Waals surface area contributed by atoms with Crippen LogP contribution in [0, 0.1) is 11.2 Å². The largest absolute Gasteiger partial charge is 0.481 e. The van der Waals surface area contributed by atoms with Crippen molar-refractivity contribution in [1.29, 1.82) is 0 Å². The van der Waals surface area contributed by atoms with Crippen molar-refractivity contribution in [2.45, 2.75) is 65.5 Å². The van der Waals surface area contributed by atoms with E-state index in [1.54, 1.807) is 41.5 Å². The Balaban J connectivity index is 3.76. The number of anilines is 1. The lowest BCUT2D eigenvalue weighted by molar-refractivity contribution is -0.164. The highest BCUT2D eigenvalue weighted by molar-refractivity contribution is 5.99. The smallest absolute Gasteiger partial charge is 0.330 e. The summed E-state index contributed by atoms with van der Waals surface area (Å²) in [6, 6.07) is 3.52. The molecule has 8 heteroatoms. The van der Waals surface area contributed by atoms with Crippen LogP contribution < -0.4 is 5.73 Å². The van der Waals surface area contributed by atoms with Gasteiger partial charge in [0.05, 0.1) is 5.69 Å². The van der Waals surface area contributed by atoms with Crippen molar-refractivity contribution in [2.75, 3.05) is 5.73 Å². The number of carboxylic acid groups (broad SMARTS) is 2. The van der Waals surface area contributed by atoms with E-state index in [0.29, 0.717) is 0 Å². The Morgan fingerprint density at radius 3 is 1.96 bits per heavy atom. The Morgan fingerprint density at radius 1 is 1.07 bits per heavy atom. The summed E-state index contributed by atoms with van der Waals surface area (Å²) in [7, 11) is 0. The van der Waals surface area contributed by atoms with Crippen molar-refractivity contribution in [3.05, 3.63) is 29.6 Å². The first-order valence-electron chi connectivity index (χ1n) is 8.90. The van der Waals surface area contributed by atoms with Crippen LogP contribution in [0.25, 0.3) is 0 Å². The maximum absolute atomic E-state index is 14.0. The summed E-state index contributed by atoms with van der Waals surface area (Å²) in [4.78, 5) is 38.3. The van der Waals surface area contributed by atoms with Crippen molar-refractivity contribution >= 4 is 23.5 Å². The van der Waals surface area contributed by atoms with E-state index in [9.17, 15) is 29.0 Å². The average Bonchev–Trinajstić information content (AvgIpc) is 2.50. The van der Waals surface area contributed by atoms with E-state index < -0.39 is 46.6 Å². The van der Waals surface area contributed by atoms with Gasteiger partial charge in [-0.1, -0.05) is 20.8 Å². The van der Waals surface area contributed by atoms with Crippen LogP contribution in [0.4, 0.5) is 10.1 Å². The van der Waals surface area contributed by atoms with Crippen molar-refractivity contribution < 1.29 is 29.0 Å². The van der Waals surface area contributed by atoms with Crippen LogP contribution in [-0.2, 0) is 9.59 Å². The third-order valence-corrected chi connectivity index (χ3v) is 4.80. The van der Waals surface area contributed by atoms with Crippen LogP contribution in [0.5, 0.6) is 0 Å². The topological polar surface area (TPSA) is 121 Å². The summed E-state index contributed by atoms with van der Waals surface area (Å²) >= 11 is 0. The fourth-order valence-electron chi connectivity index (χ4n) is 3.47. The first-order valence-corrected chi connectivity index (χ1v) is 8.90. The molecule has 0 aromatic heterocycles. The Bertz CT molecular complexity index is 780. The Kier molecular flexibility index (Phi) is 6.49. The molecule has 0 saturated heterocycles. The standard InChI is InChI=1S/C20H29FN2O5/c1-18(2,3)20(17(27)28,10-9-15(24)25)23(19(4,5)6)16(26)12-7-8-14(22)13(21)11-12/h7-8,11H,9-10,22H2,1-6H3,(H,24,25)(H,27,28)/t20-/m0/s1. The molecule has 0 spiro atoms. The van der Waals surface area contributed by atoms with Gasteiger partial charge in [-0.3, -0.25) is 9.59 Å². The number of hydrogen-bond acceptors (Lipinski definition) is 4. The maximum Gasteiger partial charge on any atom is 0.330 e. The number of benzene rings is 1. The quantitative estimate of drug-likeness (QED) is 0.634. The maximum atomic E-state index is 14.0. The van der Waals surface area contributed by atoms with Crippen LogP contribution in [0.1, 0.15) is 64.7 Å². The second-order valence-corrected chi connectivity index (χ2v) is 8.86. The zero-order valence-electron chi connectivity index (χ0n) is 17.2. The fraction of sp³-hybridized carbons (Fsp3) is 0.550. The predicted molar refractivity (Wildman–Crippen MR) is 103 cm³/mol. The van der Waals surface area contributed by atoms with Gasteiger partial charge in [0.15, 0.2) is 0 Å². The van der Waals surface area contributed by atoms with E-state index in [4.69, 9.17) is 5.73 Å². The number of halogens is 1. The number of carbonyl (C=O) groups is 3. The van der Waals surface area contributed by atoms with E-state index in [-0.39, 0.29) is 17.7 Å². The summed E-state index contributed by atoms with van der Waals surface area (Å²) in [5, 5.41) is 19.4. The number of amides is 1. The monoisotopic (exact) mass is 396 g/mol. The van der Waals surface area contributed by atoms with Gasteiger partial charge in [-0.05, 0) is 50.8 Å². The summed E-state index contributed by atoms with van der Waals surface area (Å²) in [6.45, 7) is 9.88. The number of hydrogen-bond donors (Lipinski definition) is 3. The van der Waals surface area contributed by atoms with Gasteiger partial charge in [-0.2, -0.15) is 0 Å². The molecule has 28 heavy (non-hydrogen) atoms. The van der Waals surface area contributed by atoms with E-state index in [1.807, 2.05) is 0 Å². The Labute approximate surface area is 164 Å². The molecule has 0 radical (unpaired) electrons. The van der Waals surface area contributed by atoms with Gasteiger partial charge < -0.3 is 20.8 Å². The van der Waals surface area contributed by atoms with E-state index in [2.05, 4.69) is 0 Å². The summed E-state index contributed by atoms with van der Waals surface area (Å²) in [5.74, 6) is -3.99. The van der Waals surface area contributed by atoms with Crippen molar-refractivity contribution in [3.63, 3.8) is 0 Å². The van der Waals surface area contributed by atoms with Gasteiger partial charge in [-0.25, -0.2) is 9.18 Å². The van der Waals surface area contributed by atoms with E-state index >= 15 is 0 Å². The number of aliphatic carboxylic acids is 2. The SMILES string of the molecule is CC(C)(C)N(C(=O)c1ccc(N)c(F)c1)[C@@](CCC(=O)O)(C(=O)O)C(C)(C)C.